The van der Waals surface area contributed by atoms with Crippen molar-refractivity contribution < 1.29 is 4.79 Å². The maximum Gasteiger partial charge on any atom is 0.251 e. The zero-order valence-electron chi connectivity index (χ0n) is 14.0. The molecular formula is C18H23N5O. The molecule has 0 spiro atoms. The number of benzene rings is 1. The van der Waals surface area contributed by atoms with Crippen LogP contribution in [-0.4, -0.2) is 30.4 Å². The van der Waals surface area contributed by atoms with Crippen LogP contribution in [0, 0.1) is 0 Å². The van der Waals surface area contributed by atoms with Gasteiger partial charge in [0.2, 0.25) is 0 Å². The van der Waals surface area contributed by atoms with Gasteiger partial charge in [0, 0.05) is 31.9 Å². The van der Waals surface area contributed by atoms with E-state index in [4.69, 9.17) is 0 Å². The summed E-state index contributed by atoms with van der Waals surface area (Å²) in [6, 6.07) is 13.3. The minimum absolute atomic E-state index is 0.0511. The lowest BCUT2D eigenvalue weighted by molar-refractivity contribution is 0.0956. The molecule has 1 amide bonds. The summed E-state index contributed by atoms with van der Waals surface area (Å²) in [4.78, 5) is 20.2. The quantitative estimate of drug-likeness (QED) is 0.558. The molecule has 0 radical (unpaired) electrons. The summed E-state index contributed by atoms with van der Waals surface area (Å²) in [6.07, 6.45) is 1.77. The molecule has 24 heavy (non-hydrogen) atoms. The zero-order chi connectivity index (χ0) is 17.2. The van der Waals surface area contributed by atoms with Crippen molar-refractivity contribution in [3.05, 3.63) is 65.5 Å². The number of guanidine groups is 1. The van der Waals surface area contributed by atoms with Crippen LogP contribution in [0.25, 0.3) is 0 Å². The standard InChI is InChI=1S/C18H23N5O/c1-3-20-17(24)15-9-7-14(8-10-15)12-22-18(19-2)23-13-16-6-4-5-11-21-16/h4-11H,3,12-13H2,1-2H3,(H,20,24)(H2,19,22,23). The van der Waals surface area contributed by atoms with Gasteiger partial charge < -0.3 is 16.0 Å². The van der Waals surface area contributed by atoms with Gasteiger partial charge in [-0.15, -0.1) is 0 Å². The number of rotatable bonds is 6. The largest absolute Gasteiger partial charge is 0.352 e. The predicted octanol–water partition coefficient (Wildman–Crippen LogP) is 1.70. The smallest absolute Gasteiger partial charge is 0.251 e. The van der Waals surface area contributed by atoms with E-state index in [9.17, 15) is 4.79 Å². The Morgan fingerprint density at radius 2 is 1.79 bits per heavy atom. The van der Waals surface area contributed by atoms with Crippen LogP contribution in [0.3, 0.4) is 0 Å². The number of carbonyl (C=O) groups excluding carboxylic acids is 1. The second kappa shape index (κ2) is 9.29. The molecule has 0 saturated carbocycles. The van der Waals surface area contributed by atoms with E-state index in [-0.39, 0.29) is 5.91 Å². The van der Waals surface area contributed by atoms with Crippen molar-refractivity contribution in [1.82, 2.24) is 20.9 Å². The average molecular weight is 325 g/mol. The minimum Gasteiger partial charge on any atom is -0.352 e. The van der Waals surface area contributed by atoms with E-state index in [1.54, 1.807) is 13.2 Å². The average Bonchev–Trinajstić information content (AvgIpc) is 2.63. The van der Waals surface area contributed by atoms with E-state index in [0.29, 0.717) is 31.2 Å². The van der Waals surface area contributed by atoms with Gasteiger partial charge in [-0.25, -0.2) is 0 Å². The number of hydrogen-bond acceptors (Lipinski definition) is 3. The highest BCUT2D eigenvalue weighted by Gasteiger charge is 2.04. The summed E-state index contributed by atoms with van der Waals surface area (Å²) in [5.41, 5.74) is 2.69. The van der Waals surface area contributed by atoms with Crippen LogP contribution in [0.5, 0.6) is 0 Å². The van der Waals surface area contributed by atoms with Crippen LogP contribution in [0.1, 0.15) is 28.5 Å². The van der Waals surface area contributed by atoms with Gasteiger partial charge in [0.15, 0.2) is 5.96 Å². The van der Waals surface area contributed by atoms with Crippen LogP contribution in [0.2, 0.25) is 0 Å². The van der Waals surface area contributed by atoms with Crippen LogP contribution >= 0.6 is 0 Å². The van der Waals surface area contributed by atoms with Crippen LogP contribution in [0.15, 0.2) is 53.7 Å². The Balaban J connectivity index is 1.83. The molecule has 1 aromatic heterocycles. The molecular weight excluding hydrogens is 302 g/mol. The van der Waals surface area contributed by atoms with Gasteiger partial charge in [-0.05, 0) is 36.8 Å². The fourth-order valence-electron chi connectivity index (χ4n) is 2.12. The fourth-order valence-corrected chi connectivity index (χ4v) is 2.12. The van der Waals surface area contributed by atoms with E-state index < -0.39 is 0 Å². The monoisotopic (exact) mass is 325 g/mol. The van der Waals surface area contributed by atoms with E-state index in [1.807, 2.05) is 49.4 Å². The van der Waals surface area contributed by atoms with E-state index >= 15 is 0 Å². The number of carbonyl (C=O) groups is 1. The predicted molar refractivity (Wildman–Crippen MR) is 95.7 cm³/mol. The first-order valence-electron chi connectivity index (χ1n) is 7.94. The summed E-state index contributed by atoms with van der Waals surface area (Å²) in [7, 11) is 1.73. The van der Waals surface area contributed by atoms with Crippen LogP contribution in [0.4, 0.5) is 0 Å². The second-order valence-corrected chi connectivity index (χ2v) is 5.16. The molecule has 1 heterocycles. The molecule has 0 aliphatic rings. The zero-order valence-corrected chi connectivity index (χ0v) is 14.0. The summed E-state index contributed by atoms with van der Waals surface area (Å²) >= 11 is 0. The number of pyridine rings is 1. The highest BCUT2D eigenvalue weighted by molar-refractivity contribution is 5.94. The number of nitrogens with one attached hydrogen (secondary N) is 3. The Hall–Kier alpha value is -2.89. The third-order valence-corrected chi connectivity index (χ3v) is 3.40. The van der Waals surface area contributed by atoms with E-state index in [1.165, 1.54) is 0 Å². The molecule has 0 aliphatic carbocycles. The maximum absolute atomic E-state index is 11.7. The summed E-state index contributed by atoms with van der Waals surface area (Å²) in [6.45, 7) is 3.76. The van der Waals surface area contributed by atoms with Crippen molar-refractivity contribution >= 4 is 11.9 Å². The van der Waals surface area contributed by atoms with Gasteiger partial charge in [-0.1, -0.05) is 18.2 Å². The van der Waals surface area contributed by atoms with Gasteiger partial charge >= 0.3 is 0 Å². The van der Waals surface area contributed by atoms with Gasteiger partial charge in [-0.2, -0.15) is 0 Å². The number of aromatic nitrogens is 1. The Kier molecular flexibility index (Phi) is 6.76. The third kappa shape index (κ3) is 5.39. The van der Waals surface area contributed by atoms with Crippen molar-refractivity contribution in [1.29, 1.82) is 0 Å². The number of amides is 1. The fraction of sp³-hybridized carbons (Fsp3) is 0.278. The van der Waals surface area contributed by atoms with Gasteiger partial charge in [0.25, 0.3) is 5.91 Å². The SMILES string of the molecule is CCNC(=O)c1ccc(CNC(=NC)NCc2ccccn2)cc1. The van der Waals surface area contributed by atoms with Gasteiger partial charge in [0.1, 0.15) is 0 Å². The first-order chi connectivity index (χ1) is 11.7. The Labute approximate surface area is 142 Å². The van der Waals surface area contributed by atoms with Crippen molar-refractivity contribution in [2.24, 2.45) is 4.99 Å². The highest BCUT2D eigenvalue weighted by atomic mass is 16.1. The molecule has 0 bridgehead atoms. The van der Waals surface area contributed by atoms with E-state index in [2.05, 4.69) is 25.9 Å². The minimum atomic E-state index is -0.0511. The molecule has 1 aromatic carbocycles. The molecule has 2 aromatic rings. The van der Waals surface area contributed by atoms with Crippen LogP contribution < -0.4 is 16.0 Å². The first kappa shape index (κ1) is 17.5. The maximum atomic E-state index is 11.7. The molecule has 0 fully saturated rings. The molecule has 6 heteroatoms. The lowest BCUT2D eigenvalue weighted by atomic mass is 10.1. The number of aliphatic imine (C=N–C) groups is 1. The highest BCUT2D eigenvalue weighted by Crippen LogP contribution is 2.04. The van der Waals surface area contributed by atoms with Crippen molar-refractivity contribution in [3.8, 4) is 0 Å². The molecule has 2 rings (SSSR count). The normalized spacial score (nSPS) is 11.0. The topological polar surface area (TPSA) is 78.4 Å². The summed E-state index contributed by atoms with van der Waals surface area (Å²) in [5.74, 6) is 0.651. The lowest BCUT2D eigenvalue weighted by Gasteiger charge is -2.12. The van der Waals surface area contributed by atoms with Crippen molar-refractivity contribution in [2.75, 3.05) is 13.6 Å². The molecule has 0 saturated heterocycles. The third-order valence-electron chi connectivity index (χ3n) is 3.40. The number of nitrogens with zero attached hydrogens (tertiary/aromatic N) is 2. The van der Waals surface area contributed by atoms with Crippen LogP contribution in [-0.2, 0) is 13.1 Å². The first-order valence-corrected chi connectivity index (χ1v) is 7.94. The Morgan fingerprint density at radius 3 is 2.42 bits per heavy atom. The Morgan fingerprint density at radius 1 is 1.04 bits per heavy atom. The molecule has 0 unspecified atom stereocenters. The Bertz CT molecular complexity index is 668. The van der Waals surface area contributed by atoms with Crippen molar-refractivity contribution in [3.63, 3.8) is 0 Å². The van der Waals surface area contributed by atoms with Gasteiger partial charge in [0.05, 0.1) is 12.2 Å². The lowest BCUT2D eigenvalue weighted by Crippen LogP contribution is -2.36. The van der Waals surface area contributed by atoms with E-state index in [0.717, 1.165) is 11.3 Å². The molecule has 126 valence electrons. The molecule has 0 aliphatic heterocycles. The molecule has 3 N–H and O–H groups in total. The molecule has 0 atom stereocenters. The second-order valence-electron chi connectivity index (χ2n) is 5.16. The molecule has 6 nitrogen and oxygen atoms in total. The van der Waals surface area contributed by atoms with Gasteiger partial charge in [-0.3, -0.25) is 14.8 Å². The summed E-state index contributed by atoms with van der Waals surface area (Å²) < 4.78 is 0. The van der Waals surface area contributed by atoms with Crippen molar-refractivity contribution in [2.45, 2.75) is 20.0 Å². The number of hydrogen-bond donors (Lipinski definition) is 3. The summed E-state index contributed by atoms with van der Waals surface area (Å²) in [5, 5.41) is 9.24.